The monoisotopic (exact) mass is 307 g/mol. The lowest BCUT2D eigenvalue weighted by Crippen LogP contribution is -2.04. The van der Waals surface area contributed by atoms with Gasteiger partial charge in [-0.2, -0.15) is 0 Å². The summed E-state index contributed by atoms with van der Waals surface area (Å²) in [5.74, 6) is 0.670. The summed E-state index contributed by atoms with van der Waals surface area (Å²) >= 11 is 0. The molecule has 6 heteroatoms. The van der Waals surface area contributed by atoms with Crippen LogP contribution in [0.2, 0.25) is 0 Å². The van der Waals surface area contributed by atoms with Crippen LogP contribution in [0.4, 0.5) is 10.5 Å². The Kier molecular flexibility index (Phi) is 5.35. The second kappa shape index (κ2) is 7.24. The molecule has 0 spiro atoms. The first-order chi connectivity index (χ1) is 10.5. The molecule has 0 unspecified atom stereocenters. The van der Waals surface area contributed by atoms with Crippen LogP contribution >= 0.6 is 0 Å². The molecule has 2 aliphatic rings. The highest BCUT2D eigenvalue weighted by atomic mass is 16.6. The van der Waals surface area contributed by atoms with Gasteiger partial charge in [0.05, 0.1) is 4.92 Å². The van der Waals surface area contributed by atoms with Crippen molar-refractivity contribution in [3.8, 4) is 0 Å². The van der Waals surface area contributed by atoms with Gasteiger partial charge in [-0.05, 0) is 48.8 Å². The molecular formula is C16H21NO5. The third kappa shape index (κ3) is 4.19. The van der Waals surface area contributed by atoms with Gasteiger partial charge in [0.2, 0.25) is 0 Å². The molecule has 1 aromatic rings. The molecule has 0 heterocycles. The lowest BCUT2D eigenvalue weighted by atomic mass is 9.94. The van der Waals surface area contributed by atoms with Crippen molar-refractivity contribution in [3.05, 3.63) is 38.9 Å². The summed E-state index contributed by atoms with van der Waals surface area (Å²) in [6.07, 6.45) is 7.42. The van der Waals surface area contributed by atoms with Gasteiger partial charge in [0.25, 0.3) is 5.69 Å². The normalized spacial score (nSPS) is 16.7. The smallest absolute Gasteiger partial charge is 0.450 e. The Morgan fingerprint density at radius 1 is 1.14 bits per heavy atom. The van der Waals surface area contributed by atoms with E-state index in [1.807, 2.05) is 6.07 Å². The third-order valence-corrected chi connectivity index (χ3v) is 4.47. The highest BCUT2D eigenvalue weighted by molar-refractivity contribution is 5.53. The molecule has 2 N–H and O–H groups in total. The summed E-state index contributed by atoms with van der Waals surface area (Å²) < 4.78 is 0. The minimum absolute atomic E-state index is 0.192. The first-order valence-corrected chi connectivity index (χ1v) is 7.68. The standard InChI is InChI=1S/C15H19NO2.CH2O3/c17-16(18)15-10-13-7-3-6-12(13)9-14(15)8-11-4-1-2-5-11;2-1(3)4/h9-11H,1-8H2;(H2,2,3,4). The zero-order valence-corrected chi connectivity index (χ0v) is 12.5. The lowest BCUT2D eigenvalue weighted by molar-refractivity contribution is -0.385. The molecule has 6 nitrogen and oxygen atoms in total. The Balaban J connectivity index is 0.000000396. The Hall–Kier alpha value is -2.11. The van der Waals surface area contributed by atoms with Crippen LogP contribution in [0.3, 0.4) is 0 Å². The second-order valence-electron chi connectivity index (χ2n) is 6.00. The summed E-state index contributed by atoms with van der Waals surface area (Å²) in [7, 11) is 0. The van der Waals surface area contributed by atoms with Crippen LogP contribution in [0.5, 0.6) is 0 Å². The van der Waals surface area contributed by atoms with E-state index in [0.29, 0.717) is 11.6 Å². The van der Waals surface area contributed by atoms with Gasteiger partial charge in [0.15, 0.2) is 0 Å². The topological polar surface area (TPSA) is 101 Å². The van der Waals surface area contributed by atoms with Crippen LogP contribution in [0.25, 0.3) is 0 Å². The van der Waals surface area contributed by atoms with Gasteiger partial charge in [-0.25, -0.2) is 4.79 Å². The average molecular weight is 307 g/mol. The fourth-order valence-electron chi connectivity index (χ4n) is 3.52. The quantitative estimate of drug-likeness (QED) is 0.648. The molecule has 120 valence electrons. The number of carbonyl (C=O) groups is 1. The van der Waals surface area contributed by atoms with Gasteiger partial charge in [-0.3, -0.25) is 10.1 Å². The molecular weight excluding hydrogens is 286 g/mol. The van der Waals surface area contributed by atoms with Gasteiger partial charge >= 0.3 is 6.16 Å². The number of benzene rings is 1. The number of rotatable bonds is 3. The first kappa shape index (κ1) is 16.3. The van der Waals surface area contributed by atoms with Crippen molar-refractivity contribution in [1.29, 1.82) is 0 Å². The number of nitro groups is 1. The lowest BCUT2D eigenvalue weighted by Gasteiger charge is -2.11. The van der Waals surface area contributed by atoms with E-state index in [1.165, 1.54) is 36.8 Å². The zero-order chi connectivity index (χ0) is 16.1. The van der Waals surface area contributed by atoms with E-state index in [2.05, 4.69) is 6.07 Å². The second-order valence-corrected chi connectivity index (χ2v) is 6.00. The molecule has 1 saturated carbocycles. The largest absolute Gasteiger partial charge is 0.503 e. The van der Waals surface area contributed by atoms with Crippen LogP contribution in [-0.4, -0.2) is 21.3 Å². The van der Waals surface area contributed by atoms with Crippen LogP contribution < -0.4 is 0 Å². The zero-order valence-electron chi connectivity index (χ0n) is 12.5. The molecule has 0 aromatic heterocycles. The number of aryl methyl sites for hydroxylation is 2. The molecule has 0 amide bonds. The van der Waals surface area contributed by atoms with Gasteiger partial charge in [-0.15, -0.1) is 0 Å². The maximum atomic E-state index is 11.2. The molecule has 0 aliphatic heterocycles. The van der Waals surface area contributed by atoms with E-state index in [1.54, 1.807) is 0 Å². The summed E-state index contributed by atoms with van der Waals surface area (Å²) in [4.78, 5) is 19.6. The molecule has 0 bridgehead atoms. The molecule has 2 aliphatic carbocycles. The van der Waals surface area contributed by atoms with Crippen molar-refractivity contribution >= 4 is 11.8 Å². The predicted octanol–water partition coefficient (Wildman–Crippen LogP) is 4.04. The summed E-state index contributed by atoms with van der Waals surface area (Å²) in [5.41, 5.74) is 3.90. The Morgan fingerprint density at radius 2 is 1.68 bits per heavy atom. The van der Waals surface area contributed by atoms with E-state index >= 15 is 0 Å². The van der Waals surface area contributed by atoms with E-state index in [9.17, 15) is 10.1 Å². The molecule has 0 atom stereocenters. The number of hydrogen-bond donors (Lipinski definition) is 2. The maximum Gasteiger partial charge on any atom is 0.503 e. The van der Waals surface area contributed by atoms with Crippen LogP contribution in [0.15, 0.2) is 12.1 Å². The van der Waals surface area contributed by atoms with Crippen molar-refractivity contribution in [2.24, 2.45) is 5.92 Å². The van der Waals surface area contributed by atoms with Gasteiger partial charge < -0.3 is 10.2 Å². The Bertz CT molecular complexity index is 560. The minimum Gasteiger partial charge on any atom is -0.450 e. The molecule has 0 radical (unpaired) electrons. The van der Waals surface area contributed by atoms with Crippen molar-refractivity contribution in [2.45, 2.75) is 51.4 Å². The predicted molar refractivity (Wildman–Crippen MR) is 81.4 cm³/mol. The number of fused-ring (bicyclic) bond motifs is 1. The van der Waals surface area contributed by atoms with E-state index < -0.39 is 6.16 Å². The van der Waals surface area contributed by atoms with Crippen molar-refractivity contribution < 1.29 is 19.9 Å². The average Bonchev–Trinajstić information content (AvgIpc) is 3.07. The molecule has 22 heavy (non-hydrogen) atoms. The Morgan fingerprint density at radius 3 is 2.23 bits per heavy atom. The van der Waals surface area contributed by atoms with Crippen molar-refractivity contribution in [2.75, 3.05) is 0 Å². The number of nitrogens with zero attached hydrogens (tertiary/aromatic N) is 1. The molecule has 1 fully saturated rings. The third-order valence-electron chi connectivity index (χ3n) is 4.47. The summed E-state index contributed by atoms with van der Waals surface area (Å²) in [5, 5.41) is 25.1. The summed E-state index contributed by atoms with van der Waals surface area (Å²) in [6.45, 7) is 0. The molecule has 0 saturated heterocycles. The fourth-order valence-corrected chi connectivity index (χ4v) is 3.52. The van der Waals surface area contributed by atoms with Crippen LogP contribution in [0, 0.1) is 16.0 Å². The fraction of sp³-hybridized carbons (Fsp3) is 0.562. The van der Waals surface area contributed by atoms with E-state index in [4.69, 9.17) is 15.0 Å². The van der Waals surface area contributed by atoms with E-state index in [0.717, 1.165) is 31.2 Å². The minimum atomic E-state index is -1.83. The maximum absolute atomic E-state index is 11.2. The van der Waals surface area contributed by atoms with Crippen molar-refractivity contribution in [1.82, 2.24) is 0 Å². The van der Waals surface area contributed by atoms with Gasteiger partial charge in [0, 0.05) is 11.6 Å². The Labute approximate surface area is 128 Å². The van der Waals surface area contributed by atoms with Gasteiger partial charge in [0.1, 0.15) is 0 Å². The van der Waals surface area contributed by atoms with Gasteiger partial charge in [-0.1, -0.05) is 25.7 Å². The van der Waals surface area contributed by atoms with Crippen LogP contribution in [-0.2, 0) is 19.3 Å². The SMILES string of the molecule is O=C(O)O.O=[N+]([O-])c1cc2c(cc1CC1CCCC1)CCC2. The summed E-state index contributed by atoms with van der Waals surface area (Å²) in [6, 6.07) is 3.96. The first-order valence-electron chi connectivity index (χ1n) is 7.68. The van der Waals surface area contributed by atoms with Crippen molar-refractivity contribution in [3.63, 3.8) is 0 Å². The number of carboxylic acid groups (broad SMARTS) is 2. The highest BCUT2D eigenvalue weighted by Crippen LogP contribution is 2.34. The molecule has 3 rings (SSSR count). The number of nitro benzene ring substituents is 1. The number of hydrogen-bond acceptors (Lipinski definition) is 3. The molecule has 1 aromatic carbocycles. The highest BCUT2D eigenvalue weighted by Gasteiger charge is 2.24. The van der Waals surface area contributed by atoms with E-state index in [-0.39, 0.29) is 4.92 Å². The van der Waals surface area contributed by atoms with Crippen LogP contribution in [0.1, 0.15) is 48.8 Å².